The van der Waals surface area contributed by atoms with Gasteiger partial charge in [-0.15, -0.1) is 10.2 Å². The quantitative estimate of drug-likeness (QED) is 0.825. The number of thiocarbonyl (C=S) groups is 1. The molecule has 6 nitrogen and oxygen atoms in total. The maximum absolute atomic E-state index is 12.1. The van der Waals surface area contributed by atoms with Crippen LogP contribution in [0.15, 0.2) is 28.6 Å². The number of aromatic nitrogens is 2. The smallest absolute Gasteiger partial charge is 0.263 e. The molecule has 0 aliphatic heterocycles. The van der Waals surface area contributed by atoms with E-state index in [0.29, 0.717) is 11.1 Å². The lowest BCUT2D eigenvalue weighted by molar-refractivity contribution is 0.601. The lowest BCUT2D eigenvalue weighted by atomic mass is 10.1. The molecular weight excluding hydrogens is 304 g/mol. The number of rotatable bonds is 4. The van der Waals surface area contributed by atoms with Gasteiger partial charge >= 0.3 is 0 Å². The van der Waals surface area contributed by atoms with Gasteiger partial charge in [-0.3, -0.25) is 4.72 Å². The maximum Gasteiger partial charge on any atom is 0.263 e. The second-order valence-electron chi connectivity index (χ2n) is 3.69. The van der Waals surface area contributed by atoms with Crippen molar-refractivity contribution >= 4 is 43.7 Å². The van der Waals surface area contributed by atoms with Crippen LogP contribution in [0, 0.1) is 6.92 Å². The molecule has 0 unspecified atom stereocenters. The highest BCUT2D eigenvalue weighted by molar-refractivity contribution is 7.93. The highest BCUT2D eigenvalue weighted by Crippen LogP contribution is 2.19. The van der Waals surface area contributed by atoms with Gasteiger partial charge in [-0.1, -0.05) is 29.6 Å². The summed E-state index contributed by atoms with van der Waals surface area (Å²) in [5, 5.41) is 7.41. The lowest BCUT2D eigenvalue weighted by Gasteiger charge is -2.08. The third kappa shape index (κ3) is 3.06. The highest BCUT2D eigenvalue weighted by atomic mass is 32.2. The van der Waals surface area contributed by atoms with Gasteiger partial charge in [0.15, 0.2) is 0 Å². The van der Waals surface area contributed by atoms with Gasteiger partial charge in [0.05, 0.1) is 4.90 Å². The van der Waals surface area contributed by atoms with E-state index in [1.165, 1.54) is 17.6 Å². The standard InChI is InChI=1S/C10H10N4O2S3/c1-6-4-7(2-3-8(6)9(11)17)19(15,16)14-10-13-12-5-18-10/h2-5H,1H3,(H2,11,17)(H,13,14). The molecule has 0 radical (unpaired) electrons. The van der Waals surface area contributed by atoms with Crippen LogP contribution < -0.4 is 10.5 Å². The number of nitrogens with zero attached hydrogens (tertiary/aromatic N) is 2. The summed E-state index contributed by atoms with van der Waals surface area (Å²) in [6.07, 6.45) is 0. The van der Waals surface area contributed by atoms with Gasteiger partial charge in [-0.25, -0.2) is 8.42 Å². The van der Waals surface area contributed by atoms with Gasteiger partial charge in [0, 0.05) is 5.56 Å². The van der Waals surface area contributed by atoms with E-state index in [1.54, 1.807) is 13.0 Å². The van der Waals surface area contributed by atoms with Crippen molar-refractivity contribution in [1.29, 1.82) is 0 Å². The van der Waals surface area contributed by atoms with Crippen molar-refractivity contribution in [2.24, 2.45) is 5.73 Å². The van der Waals surface area contributed by atoms with Crippen molar-refractivity contribution in [3.05, 3.63) is 34.8 Å². The van der Waals surface area contributed by atoms with Crippen LogP contribution in [0.4, 0.5) is 5.13 Å². The molecule has 0 fully saturated rings. The summed E-state index contributed by atoms with van der Waals surface area (Å²) in [6, 6.07) is 4.55. The summed E-state index contributed by atoms with van der Waals surface area (Å²) in [5.74, 6) is 0. The van der Waals surface area contributed by atoms with Gasteiger partial charge in [0.25, 0.3) is 10.0 Å². The van der Waals surface area contributed by atoms with Crippen LogP contribution >= 0.6 is 23.6 Å². The van der Waals surface area contributed by atoms with Gasteiger partial charge < -0.3 is 5.73 Å². The minimum Gasteiger partial charge on any atom is -0.389 e. The second-order valence-corrected chi connectivity index (χ2v) is 6.65. The van der Waals surface area contributed by atoms with Crippen molar-refractivity contribution in [3.8, 4) is 0 Å². The molecule has 0 saturated heterocycles. The van der Waals surface area contributed by atoms with Gasteiger partial charge in [-0.2, -0.15) is 0 Å². The molecule has 0 saturated carbocycles. The number of benzene rings is 1. The first-order valence-electron chi connectivity index (χ1n) is 5.09. The molecule has 1 aromatic heterocycles. The molecule has 2 aromatic rings. The minimum atomic E-state index is -3.67. The molecule has 0 bridgehead atoms. The summed E-state index contributed by atoms with van der Waals surface area (Å²) in [5.41, 5.74) is 8.34. The molecule has 1 aromatic carbocycles. The number of aryl methyl sites for hydroxylation is 1. The Hall–Kier alpha value is -1.58. The Labute approximate surface area is 119 Å². The number of anilines is 1. The fourth-order valence-corrected chi connectivity index (χ4v) is 3.48. The number of hydrogen-bond donors (Lipinski definition) is 2. The second kappa shape index (κ2) is 5.19. The van der Waals surface area contributed by atoms with Gasteiger partial charge in [-0.05, 0) is 24.6 Å². The summed E-state index contributed by atoms with van der Waals surface area (Å²) in [7, 11) is -3.67. The zero-order valence-corrected chi connectivity index (χ0v) is 12.3. The van der Waals surface area contributed by atoms with Crippen LogP contribution in [-0.2, 0) is 10.0 Å². The summed E-state index contributed by atoms with van der Waals surface area (Å²) in [6.45, 7) is 1.75. The molecule has 100 valence electrons. The number of sulfonamides is 1. The molecule has 3 N–H and O–H groups in total. The van der Waals surface area contributed by atoms with Crippen LogP contribution in [0.2, 0.25) is 0 Å². The van der Waals surface area contributed by atoms with E-state index in [1.807, 2.05) is 0 Å². The first-order chi connectivity index (χ1) is 8.90. The number of nitrogens with two attached hydrogens (primary N) is 1. The average Bonchev–Trinajstić information content (AvgIpc) is 2.80. The van der Waals surface area contributed by atoms with Gasteiger partial charge in [0.2, 0.25) is 5.13 Å². The van der Waals surface area contributed by atoms with E-state index < -0.39 is 10.0 Å². The zero-order chi connectivity index (χ0) is 14.0. The first-order valence-corrected chi connectivity index (χ1v) is 7.87. The van der Waals surface area contributed by atoms with E-state index in [4.69, 9.17) is 18.0 Å². The van der Waals surface area contributed by atoms with E-state index in [-0.39, 0.29) is 15.0 Å². The Balaban J connectivity index is 2.36. The van der Waals surface area contributed by atoms with E-state index in [9.17, 15) is 8.42 Å². The third-order valence-corrected chi connectivity index (χ3v) is 4.65. The monoisotopic (exact) mass is 314 g/mol. The Morgan fingerprint density at radius 1 is 1.47 bits per heavy atom. The fourth-order valence-electron chi connectivity index (χ4n) is 1.47. The van der Waals surface area contributed by atoms with Crippen molar-refractivity contribution in [1.82, 2.24) is 10.2 Å². The Bertz CT molecular complexity index is 710. The molecule has 2 rings (SSSR count). The molecule has 19 heavy (non-hydrogen) atoms. The average molecular weight is 314 g/mol. The summed E-state index contributed by atoms with van der Waals surface area (Å²) in [4.78, 5) is 0.360. The number of nitrogens with one attached hydrogen (secondary N) is 1. The first kappa shape index (κ1) is 13.8. The van der Waals surface area contributed by atoms with Crippen LogP contribution in [0.3, 0.4) is 0 Å². The molecule has 0 aliphatic rings. The van der Waals surface area contributed by atoms with Crippen molar-refractivity contribution < 1.29 is 8.42 Å². The van der Waals surface area contributed by atoms with Crippen molar-refractivity contribution in [2.45, 2.75) is 11.8 Å². The Morgan fingerprint density at radius 3 is 2.74 bits per heavy atom. The summed E-state index contributed by atoms with van der Waals surface area (Å²) >= 11 is 5.98. The molecule has 0 atom stereocenters. The molecule has 0 aliphatic carbocycles. The fraction of sp³-hybridized carbons (Fsp3) is 0.100. The third-order valence-electron chi connectivity index (χ3n) is 2.36. The van der Waals surface area contributed by atoms with Gasteiger partial charge in [0.1, 0.15) is 10.5 Å². The Morgan fingerprint density at radius 2 is 2.21 bits per heavy atom. The van der Waals surface area contributed by atoms with Crippen LogP contribution in [0.5, 0.6) is 0 Å². The molecule has 0 amide bonds. The van der Waals surface area contributed by atoms with E-state index >= 15 is 0 Å². The van der Waals surface area contributed by atoms with Crippen LogP contribution in [0.25, 0.3) is 0 Å². The topological polar surface area (TPSA) is 98.0 Å². The minimum absolute atomic E-state index is 0.125. The zero-order valence-electron chi connectivity index (χ0n) is 9.82. The SMILES string of the molecule is Cc1cc(S(=O)(=O)Nc2nncs2)ccc1C(N)=S. The maximum atomic E-state index is 12.1. The van der Waals surface area contributed by atoms with E-state index in [2.05, 4.69) is 14.9 Å². The summed E-state index contributed by atoms with van der Waals surface area (Å²) < 4.78 is 26.5. The Kier molecular flexibility index (Phi) is 3.78. The molecule has 0 spiro atoms. The van der Waals surface area contributed by atoms with E-state index in [0.717, 1.165) is 11.3 Å². The van der Waals surface area contributed by atoms with Crippen molar-refractivity contribution in [3.63, 3.8) is 0 Å². The largest absolute Gasteiger partial charge is 0.389 e. The van der Waals surface area contributed by atoms with Crippen LogP contribution in [-0.4, -0.2) is 23.6 Å². The van der Waals surface area contributed by atoms with Crippen molar-refractivity contribution in [2.75, 3.05) is 4.72 Å². The normalized spacial score (nSPS) is 11.2. The predicted octanol–water partition coefficient (Wildman–Crippen LogP) is 1.28. The number of hydrogen-bond acceptors (Lipinski definition) is 6. The molecule has 9 heteroatoms. The van der Waals surface area contributed by atoms with Crippen LogP contribution in [0.1, 0.15) is 11.1 Å². The predicted molar refractivity (Wildman–Crippen MR) is 77.8 cm³/mol. The molecule has 1 heterocycles. The molecular formula is C10H10N4O2S3. The lowest BCUT2D eigenvalue weighted by Crippen LogP contribution is -2.15. The highest BCUT2D eigenvalue weighted by Gasteiger charge is 2.17.